The zero-order chi connectivity index (χ0) is 28.1. The SMILES string of the molecule is Cc1ccc([C@H]2C[C@@H]2COc2cc(N(Cc3nnc(C)s3)C(=O)OCOC(=O)c3ccccn3)nc(C)n2)nc1. The maximum atomic E-state index is 13.1. The summed E-state index contributed by atoms with van der Waals surface area (Å²) in [6.07, 6.45) is 3.53. The fourth-order valence-corrected chi connectivity index (χ4v) is 4.66. The Morgan fingerprint density at radius 3 is 2.65 bits per heavy atom. The molecule has 4 heterocycles. The lowest BCUT2D eigenvalue weighted by Crippen LogP contribution is -2.33. The molecule has 4 aromatic rings. The van der Waals surface area contributed by atoms with Crippen LogP contribution in [-0.4, -0.2) is 55.6 Å². The first kappa shape index (κ1) is 27.1. The molecule has 0 unspecified atom stereocenters. The summed E-state index contributed by atoms with van der Waals surface area (Å²) in [4.78, 5) is 43.8. The van der Waals surface area contributed by atoms with Crippen LogP contribution in [0.4, 0.5) is 10.6 Å². The van der Waals surface area contributed by atoms with Crippen molar-refractivity contribution in [3.05, 3.63) is 81.6 Å². The molecule has 1 saturated carbocycles. The second-order valence-electron chi connectivity index (χ2n) is 9.26. The van der Waals surface area contributed by atoms with E-state index in [4.69, 9.17) is 14.2 Å². The van der Waals surface area contributed by atoms with E-state index in [0.717, 1.165) is 22.7 Å². The zero-order valence-corrected chi connectivity index (χ0v) is 23.0. The maximum Gasteiger partial charge on any atom is 0.418 e. The lowest BCUT2D eigenvalue weighted by Gasteiger charge is -2.20. The molecule has 0 saturated heterocycles. The lowest BCUT2D eigenvalue weighted by atomic mass is 10.2. The molecule has 1 aliphatic carbocycles. The van der Waals surface area contributed by atoms with Crippen LogP contribution in [0, 0.1) is 26.7 Å². The molecule has 5 rings (SSSR count). The average Bonchev–Trinajstić information content (AvgIpc) is 3.61. The highest BCUT2D eigenvalue weighted by Crippen LogP contribution is 2.46. The van der Waals surface area contributed by atoms with Crippen molar-refractivity contribution in [3.63, 3.8) is 0 Å². The smallest absolute Gasteiger partial charge is 0.418 e. The predicted molar refractivity (Wildman–Crippen MR) is 144 cm³/mol. The second kappa shape index (κ2) is 12.1. The van der Waals surface area contributed by atoms with E-state index in [1.165, 1.54) is 28.5 Å². The van der Waals surface area contributed by atoms with E-state index in [9.17, 15) is 9.59 Å². The molecule has 0 bridgehead atoms. The van der Waals surface area contributed by atoms with E-state index in [1.54, 1.807) is 25.1 Å². The Hall–Kier alpha value is -4.52. The van der Waals surface area contributed by atoms with Crippen molar-refractivity contribution in [2.75, 3.05) is 18.3 Å². The number of carbonyl (C=O) groups excluding carboxylic acids is 2. The van der Waals surface area contributed by atoms with Gasteiger partial charge in [-0.2, -0.15) is 4.98 Å². The first-order chi connectivity index (χ1) is 19.4. The number of pyridine rings is 2. The molecule has 0 aromatic carbocycles. The molecule has 1 aliphatic rings. The standard InChI is InChI=1S/C27H27N7O5S/c1-16-7-8-21(29-12-16)20-10-19(20)14-37-24-11-23(30-17(2)31-24)34(13-25-33-32-18(3)40-25)27(36)39-15-38-26(35)22-6-4-5-9-28-22/h4-9,11-12,19-20H,10,13-15H2,1-3H3/t19-,20+/m1/s1. The Labute approximate surface area is 234 Å². The van der Waals surface area contributed by atoms with Crippen LogP contribution in [0.15, 0.2) is 48.8 Å². The molecular weight excluding hydrogens is 534 g/mol. The Morgan fingerprint density at radius 2 is 1.93 bits per heavy atom. The van der Waals surface area contributed by atoms with Gasteiger partial charge in [-0.05, 0) is 51.0 Å². The van der Waals surface area contributed by atoms with Crippen LogP contribution >= 0.6 is 11.3 Å². The van der Waals surface area contributed by atoms with E-state index in [-0.39, 0.29) is 18.1 Å². The average molecular weight is 562 g/mol. The summed E-state index contributed by atoms with van der Waals surface area (Å²) in [6.45, 7) is 5.43. The second-order valence-corrected chi connectivity index (χ2v) is 10.5. The minimum Gasteiger partial charge on any atom is -0.477 e. The number of hydrogen-bond donors (Lipinski definition) is 0. The monoisotopic (exact) mass is 561 g/mol. The van der Waals surface area contributed by atoms with Crippen molar-refractivity contribution >= 4 is 29.2 Å². The van der Waals surface area contributed by atoms with Crippen molar-refractivity contribution < 1.29 is 23.8 Å². The number of anilines is 1. The fourth-order valence-electron chi connectivity index (χ4n) is 3.97. The number of amides is 1. The van der Waals surface area contributed by atoms with Crippen molar-refractivity contribution in [1.82, 2.24) is 30.1 Å². The van der Waals surface area contributed by atoms with Gasteiger partial charge < -0.3 is 14.2 Å². The van der Waals surface area contributed by atoms with Crippen molar-refractivity contribution in [2.24, 2.45) is 5.92 Å². The van der Waals surface area contributed by atoms with Gasteiger partial charge in [0, 0.05) is 36.0 Å². The molecule has 0 N–H and O–H groups in total. The van der Waals surface area contributed by atoms with Gasteiger partial charge in [0.05, 0.1) is 13.2 Å². The molecule has 4 aromatic heterocycles. The largest absolute Gasteiger partial charge is 0.477 e. The molecule has 1 fully saturated rings. The Morgan fingerprint density at radius 1 is 1.05 bits per heavy atom. The van der Waals surface area contributed by atoms with Crippen LogP contribution < -0.4 is 9.64 Å². The minimum atomic E-state index is -0.793. The molecule has 40 heavy (non-hydrogen) atoms. The van der Waals surface area contributed by atoms with Gasteiger partial charge >= 0.3 is 12.1 Å². The van der Waals surface area contributed by atoms with Crippen LogP contribution in [0.1, 0.15) is 49.9 Å². The third-order valence-corrected chi connectivity index (χ3v) is 6.91. The third-order valence-electron chi connectivity index (χ3n) is 6.09. The maximum absolute atomic E-state index is 13.1. The van der Waals surface area contributed by atoms with Gasteiger partial charge in [0.2, 0.25) is 12.7 Å². The Bertz CT molecular complexity index is 1480. The number of hydrogen-bond acceptors (Lipinski definition) is 12. The number of ether oxygens (including phenoxy) is 3. The van der Waals surface area contributed by atoms with E-state index >= 15 is 0 Å². The quantitative estimate of drug-likeness (QED) is 0.203. The van der Waals surface area contributed by atoms with E-state index in [0.29, 0.717) is 35.2 Å². The number of carbonyl (C=O) groups is 2. The number of aryl methyl sites for hydroxylation is 3. The van der Waals surface area contributed by atoms with Crippen LogP contribution in [0.25, 0.3) is 0 Å². The topological polar surface area (TPSA) is 142 Å². The molecule has 0 radical (unpaired) electrons. The molecule has 0 aliphatic heterocycles. The van der Waals surface area contributed by atoms with Crippen LogP contribution in [0.2, 0.25) is 0 Å². The number of nitrogens with zero attached hydrogens (tertiary/aromatic N) is 7. The summed E-state index contributed by atoms with van der Waals surface area (Å²) in [5.41, 5.74) is 2.28. The molecule has 1 amide bonds. The Balaban J connectivity index is 1.25. The highest BCUT2D eigenvalue weighted by Gasteiger charge is 2.40. The van der Waals surface area contributed by atoms with E-state index in [1.807, 2.05) is 20.0 Å². The third kappa shape index (κ3) is 6.91. The van der Waals surface area contributed by atoms with Gasteiger partial charge in [0.1, 0.15) is 27.4 Å². The van der Waals surface area contributed by atoms with Crippen LogP contribution in [0.5, 0.6) is 5.88 Å². The van der Waals surface area contributed by atoms with Gasteiger partial charge in [-0.25, -0.2) is 19.6 Å². The molecule has 206 valence electrons. The zero-order valence-electron chi connectivity index (χ0n) is 22.2. The predicted octanol–water partition coefficient (Wildman–Crippen LogP) is 4.18. The number of aromatic nitrogens is 6. The van der Waals surface area contributed by atoms with Gasteiger partial charge in [-0.15, -0.1) is 10.2 Å². The first-order valence-electron chi connectivity index (χ1n) is 12.6. The number of esters is 1. The lowest BCUT2D eigenvalue weighted by molar-refractivity contribution is -0.00123. The first-order valence-corrected chi connectivity index (χ1v) is 13.4. The van der Waals surface area contributed by atoms with Gasteiger partial charge in [0.15, 0.2) is 0 Å². The summed E-state index contributed by atoms with van der Waals surface area (Å²) < 4.78 is 16.3. The summed E-state index contributed by atoms with van der Waals surface area (Å²) >= 11 is 1.34. The molecular formula is C27H27N7O5S. The number of rotatable bonds is 10. The summed E-state index contributed by atoms with van der Waals surface area (Å²) in [5, 5.41) is 9.45. The van der Waals surface area contributed by atoms with E-state index in [2.05, 4.69) is 42.3 Å². The molecule has 13 heteroatoms. The van der Waals surface area contributed by atoms with Gasteiger partial charge in [0.25, 0.3) is 0 Å². The Kier molecular flexibility index (Phi) is 8.20. The van der Waals surface area contributed by atoms with Crippen molar-refractivity contribution in [1.29, 1.82) is 0 Å². The molecule has 12 nitrogen and oxygen atoms in total. The minimum absolute atomic E-state index is 0.0399. The van der Waals surface area contributed by atoms with Gasteiger partial charge in [-0.3, -0.25) is 9.88 Å². The summed E-state index contributed by atoms with van der Waals surface area (Å²) in [7, 11) is 0. The highest BCUT2D eigenvalue weighted by molar-refractivity contribution is 7.11. The normalized spacial score (nSPS) is 15.8. The molecule has 2 atom stereocenters. The van der Waals surface area contributed by atoms with Gasteiger partial charge in [-0.1, -0.05) is 23.5 Å². The fraction of sp³-hybridized carbons (Fsp3) is 0.333. The van der Waals surface area contributed by atoms with E-state index < -0.39 is 18.9 Å². The molecule has 0 spiro atoms. The van der Waals surface area contributed by atoms with Crippen LogP contribution in [0.3, 0.4) is 0 Å². The van der Waals surface area contributed by atoms with Crippen molar-refractivity contribution in [3.8, 4) is 5.88 Å². The highest BCUT2D eigenvalue weighted by atomic mass is 32.1. The van der Waals surface area contributed by atoms with Crippen LogP contribution in [-0.2, 0) is 16.0 Å². The van der Waals surface area contributed by atoms with Crippen molar-refractivity contribution in [2.45, 2.75) is 39.7 Å². The summed E-state index contributed by atoms with van der Waals surface area (Å²) in [6, 6.07) is 10.5. The summed E-state index contributed by atoms with van der Waals surface area (Å²) in [5.74, 6) is 0.958.